The van der Waals surface area contributed by atoms with Crippen molar-refractivity contribution in [1.82, 2.24) is 9.47 Å². The van der Waals surface area contributed by atoms with E-state index in [1.807, 2.05) is 78.4 Å². The molecule has 0 aliphatic carbocycles. The first-order valence-corrected chi connectivity index (χ1v) is 11.6. The Kier molecular flexibility index (Phi) is 6.18. The van der Waals surface area contributed by atoms with Gasteiger partial charge in [0.2, 0.25) is 0 Å². The van der Waals surface area contributed by atoms with Gasteiger partial charge in [-0.05, 0) is 66.6 Å². The Morgan fingerprint density at radius 2 is 1.78 bits per heavy atom. The summed E-state index contributed by atoms with van der Waals surface area (Å²) in [6.45, 7) is 2.70. The molecule has 5 nitrogen and oxygen atoms in total. The van der Waals surface area contributed by atoms with Crippen LogP contribution in [-0.2, 0) is 12.7 Å². The average molecular weight is 492 g/mol. The van der Waals surface area contributed by atoms with E-state index in [2.05, 4.69) is 5.32 Å². The number of carbonyl (C=O) groups is 1. The molecule has 36 heavy (non-hydrogen) atoms. The summed E-state index contributed by atoms with van der Waals surface area (Å²) in [4.78, 5) is 15.3. The lowest BCUT2D eigenvalue weighted by molar-refractivity contribution is -0.137. The molecule has 0 saturated carbocycles. The molecular formula is C28H24F3N3O2. The number of alkyl halides is 3. The second-order valence-corrected chi connectivity index (χ2v) is 8.47. The van der Waals surface area contributed by atoms with E-state index in [1.54, 1.807) is 4.90 Å². The van der Waals surface area contributed by atoms with Gasteiger partial charge in [0.1, 0.15) is 5.75 Å². The van der Waals surface area contributed by atoms with Gasteiger partial charge in [0.15, 0.2) is 0 Å². The van der Waals surface area contributed by atoms with Crippen molar-refractivity contribution >= 4 is 11.7 Å². The van der Waals surface area contributed by atoms with Crippen LogP contribution in [0.4, 0.5) is 23.7 Å². The highest BCUT2D eigenvalue weighted by Crippen LogP contribution is 2.38. The van der Waals surface area contributed by atoms with Crippen molar-refractivity contribution in [2.24, 2.45) is 0 Å². The highest BCUT2D eigenvalue weighted by molar-refractivity contribution is 5.90. The molecule has 2 heterocycles. The summed E-state index contributed by atoms with van der Waals surface area (Å²) in [5.41, 5.74) is 2.84. The van der Waals surface area contributed by atoms with Crippen molar-refractivity contribution < 1.29 is 22.7 Å². The molecule has 8 heteroatoms. The van der Waals surface area contributed by atoms with Crippen LogP contribution in [0.2, 0.25) is 0 Å². The lowest BCUT2D eigenvalue weighted by atomic mass is 10.0. The van der Waals surface area contributed by atoms with Gasteiger partial charge < -0.3 is 19.5 Å². The third kappa shape index (κ3) is 4.54. The van der Waals surface area contributed by atoms with E-state index >= 15 is 0 Å². The van der Waals surface area contributed by atoms with E-state index in [0.717, 1.165) is 34.6 Å². The van der Waals surface area contributed by atoms with Gasteiger partial charge in [-0.1, -0.05) is 36.4 Å². The minimum atomic E-state index is -4.51. The van der Waals surface area contributed by atoms with Crippen molar-refractivity contribution in [3.8, 4) is 11.4 Å². The molecule has 1 N–H and O–H groups in total. The number of nitrogens with one attached hydrogen (secondary N) is 1. The molecule has 0 spiro atoms. The fourth-order valence-corrected chi connectivity index (χ4v) is 4.57. The largest absolute Gasteiger partial charge is 0.494 e. The first kappa shape index (κ1) is 23.5. The van der Waals surface area contributed by atoms with Crippen LogP contribution >= 0.6 is 0 Å². The van der Waals surface area contributed by atoms with E-state index in [1.165, 1.54) is 12.1 Å². The first-order chi connectivity index (χ1) is 17.3. The molecule has 5 rings (SSSR count). The topological polar surface area (TPSA) is 46.5 Å². The third-order valence-corrected chi connectivity index (χ3v) is 6.17. The highest BCUT2D eigenvalue weighted by Gasteiger charge is 2.34. The smallest absolute Gasteiger partial charge is 0.416 e. The summed E-state index contributed by atoms with van der Waals surface area (Å²) < 4.78 is 47.4. The number of benzene rings is 3. The molecule has 0 fully saturated rings. The van der Waals surface area contributed by atoms with Gasteiger partial charge in [-0.3, -0.25) is 0 Å². The Bertz CT molecular complexity index is 1380. The summed E-state index contributed by atoms with van der Waals surface area (Å²) in [6.07, 6.45) is -2.56. The number of urea groups is 1. The number of halogens is 3. The molecule has 2 amide bonds. The van der Waals surface area contributed by atoms with Crippen molar-refractivity contribution in [1.29, 1.82) is 0 Å². The number of ether oxygens (including phenoxy) is 1. The van der Waals surface area contributed by atoms with E-state index in [-0.39, 0.29) is 12.2 Å². The number of nitrogens with zero attached hydrogens (tertiary/aromatic N) is 2. The van der Waals surface area contributed by atoms with E-state index < -0.39 is 23.8 Å². The Hall–Kier alpha value is -4.20. The van der Waals surface area contributed by atoms with Crippen LogP contribution in [-0.4, -0.2) is 22.1 Å². The van der Waals surface area contributed by atoms with Gasteiger partial charge in [-0.25, -0.2) is 4.79 Å². The number of para-hydroxylation sites is 1. The van der Waals surface area contributed by atoms with Gasteiger partial charge in [0.05, 0.1) is 30.4 Å². The first-order valence-electron chi connectivity index (χ1n) is 11.6. The van der Waals surface area contributed by atoms with E-state index in [4.69, 9.17) is 4.74 Å². The molecule has 0 radical (unpaired) electrons. The monoisotopic (exact) mass is 491 g/mol. The van der Waals surface area contributed by atoms with Crippen LogP contribution < -0.4 is 10.1 Å². The number of hydrogen-bond donors (Lipinski definition) is 1. The fourth-order valence-electron chi connectivity index (χ4n) is 4.57. The van der Waals surface area contributed by atoms with Crippen LogP contribution in [0, 0.1) is 0 Å². The van der Waals surface area contributed by atoms with Gasteiger partial charge in [-0.15, -0.1) is 0 Å². The molecule has 0 bridgehead atoms. The molecular weight excluding hydrogens is 467 g/mol. The quantitative estimate of drug-likeness (QED) is 0.333. The molecule has 0 saturated heterocycles. The summed E-state index contributed by atoms with van der Waals surface area (Å²) in [7, 11) is 0. The van der Waals surface area contributed by atoms with Crippen LogP contribution in [0.15, 0.2) is 91.1 Å². The number of anilines is 1. The number of carbonyl (C=O) groups excluding carboxylic acids is 1. The van der Waals surface area contributed by atoms with Crippen molar-refractivity contribution in [2.75, 3.05) is 11.9 Å². The third-order valence-electron chi connectivity index (χ3n) is 6.17. The molecule has 1 aromatic heterocycles. The standard InChI is InChI=1S/C28H24F3N3O2/c1-2-36-23-14-12-19(13-15-23)26-25-11-6-16-33(25)24-10-4-3-7-20(24)18-34(26)27(35)32-22-9-5-8-21(17-22)28(29,30)31/h3-17,26H,2,18H2,1H3,(H,32,35)/t26-/m1/s1. The molecule has 184 valence electrons. The molecule has 0 unspecified atom stereocenters. The maximum absolute atomic E-state index is 13.7. The summed E-state index contributed by atoms with van der Waals surface area (Å²) in [5, 5.41) is 2.69. The van der Waals surface area contributed by atoms with Crippen molar-refractivity contribution in [3.63, 3.8) is 0 Å². The zero-order valence-corrected chi connectivity index (χ0v) is 19.5. The van der Waals surface area contributed by atoms with Crippen LogP contribution in [0.3, 0.4) is 0 Å². The second kappa shape index (κ2) is 9.45. The maximum atomic E-state index is 13.7. The predicted octanol–water partition coefficient (Wildman–Crippen LogP) is 7.03. The molecule has 1 atom stereocenters. The van der Waals surface area contributed by atoms with Gasteiger partial charge in [-0.2, -0.15) is 13.2 Å². The molecule has 4 aromatic rings. The molecule has 1 aliphatic rings. The molecule has 3 aromatic carbocycles. The Balaban J connectivity index is 1.57. The second-order valence-electron chi connectivity index (χ2n) is 8.47. The summed E-state index contributed by atoms with van der Waals surface area (Å²) in [5.74, 6) is 0.716. The van der Waals surface area contributed by atoms with E-state index in [9.17, 15) is 18.0 Å². The average Bonchev–Trinajstić information content (AvgIpc) is 3.29. The van der Waals surface area contributed by atoms with Gasteiger partial charge in [0.25, 0.3) is 0 Å². The number of rotatable bonds is 4. The zero-order chi connectivity index (χ0) is 25.3. The number of hydrogen-bond acceptors (Lipinski definition) is 2. The predicted molar refractivity (Wildman–Crippen MR) is 131 cm³/mol. The number of amides is 2. The Morgan fingerprint density at radius 1 is 1.00 bits per heavy atom. The summed E-state index contributed by atoms with van der Waals surface area (Å²) in [6, 6.07) is 22.8. The Labute approximate surface area is 206 Å². The van der Waals surface area contributed by atoms with Crippen molar-refractivity contribution in [2.45, 2.75) is 25.7 Å². The zero-order valence-electron chi connectivity index (χ0n) is 19.5. The van der Waals surface area contributed by atoms with Crippen LogP contribution in [0.5, 0.6) is 5.75 Å². The number of aromatic nitrogens is 1. The fraction of sp³-hybridized carbons (Fsp3) is 0.179. The van der Waals surface area contributed by atoms with Crippen LogP contribution in [0.25, 0.3) is 5.69 Å². The highest BCUT2D eigenvalue weighted by atomic mass is 19.4. The maximum Gasteiger partial charge on any atom is 0.416 e. The SMILES string of the molecule is CCOc1ccc([C@@H]2c3cccn3-c3ccccc3CN2C(=O)Nc2cccc(C(F)(F)F)c2)cc1. The van der Waals surface area contributed by atoms with Crippen LogP contribution in [0.1, 0.15) is 35.3 Å². The van der Waals surface area contributed by atoms with E-state index in [0.29, 0.717) is 12.4 Å². The minimum Gasteiger partial charge on any atom is -0.494 e. The summed E-state index contributed by atoms with van der Waals surface area (Å²) >= 11 is 0. The lowest BCUT2D eigenvalue weighted by Gasteiger charge is -2.31. The van der Waals surface area contributed by atoms with Gasteiger partial charge >= 0.3 is 12.2 Å². The van der Waals surface area contributed by atoms with Gasteiger partial charge in [0, 0.05) is 17.6 Å². The Morgan fingerprint density at radius 3 is 2.53 bits per heavy atom. The normalized spacial score (nSPS) is 15.0. The number of fused-ring (bicyclic) bond motifs is 3. The lowest BCUT2D eigenvalue weighted by Crippen LogP contribution is -2.38. The van der Waals surface area contributed by atoms with Crippen molar-refractivity contribution in [3.05, 3.63) is 114 Å². The molecule has 1 aliphatic heterocycles. The minimum absolute atomic E-state index is 0.0770.